The van der Waals surface area contributed by atoms with Gasteiger partial charge in [0.25, 0.3) is 0 Å². The van der Waals surface area contributed by atoms with Gasteiger partial charge in [0.05, 0.1) is 18.4 Å². The molecule has 1 fully saturated rings. The molecule has 1 aliphatic heterocycles. The molecule has 18 heavy (non-hydrogen) atoms. The van der Waals surface area contributed by atoms with Crippen molar-refractivity contribution in [2.45, 2.75) is 45.1 Å². The number of furan rings is 1. The van der Waals surface area contributed by atoms with E-state index >= 15 is 0 Å². The van der Waals surface area contributed by atoms with Gasteiger partial charge >= 0.3 is 0 Å². The maximum Gasteiger partial charge on any atom is 0.120 e. The Kier molecular flexibility index (Phi) is 4.83. The van der Waals surface area contributed by atoms with E-state index in [1.807, 2.05) is 6.07 Å². The number of nitrogens with zero attached hydrogens (tertiary/aromatic N) is 2. The van der Waals surface area contributed by atoms with Gasteiger partial charge in [0.1, 0.15) is 5.76 Å². The highest BCUT2D eigenvalue weighted by molar-refractivity contribution is 5.06. The summed E-state index contributed by atoms with van der Waals surface area (Å²) in [6.45, 7) is 4.56. The van der Waals surface area contributed by atoms with Gasteiger partial charge in [0, 0.05) is 6.42 Å². The summed E-state index contributed by atoms with van der Waals surface area (Å²) in [5.74, 6) is 1.87. The quantitative estimate of drug-likeness (QED) is 0.743. The topological polar surface area (TPSA) is 40.2 Å². The molecule has 2 atom stereocenters. The molecule has 0 bridgehead atoms. The van der Waals surface area contributed by atoms with Gasteiger partial charge in [-0.3, -0.25) is 4.90 Å². The van der Waals surface area contributed by atoms with Crippen LogP contribution in [-0.2, 0) is 0 Å². The molecule has 0 aliphatic carbocycles. The molecule has 1 aromatic rings. The van der Waals surface area contributed by atoms with Crippen LogP contribution in [-0.4, -0.2) is 18.0 Å². The smallest absolute Gasteiger partial charge is 0.120 e. The lowest BCUT2D eigenvalue weighted by atomic mass is 9.91. The SMILES string of the molecule is CC1CCN(CCCCC#N)C(c2ccco2)C1. The Morgan fingerprint density at radius 2 is 2.39 bits per heavy atom. The summed E-state index contributed by atoms with van der Waals surface area (Å²) >= 11 is 0. The van der Waals surface area contributed by atoms with Gasteiger partial charge in [-0.05, 0) is 56.8 Å². The van der Waals surface area contributed by atoms with E-state index in [0.717, 1.165) is 37.6 Å². The van der Waals surface area contributed by atoms with Crippen LogP contribution >= 0.6 is 0 Å². The molecule has 0 spiro atoms. The molecule has 2 heterocycles. The van der Waals surface area contributed by atoms with Crippen LogP contribution in [0.3, 0.4) is 0 Å². The van der Waals surface area contributed by atoms with E-state index < -0.39 is 0 Å². The fourth-order valence-corrected chi connectivity index (χ4v) is 2.75. The van der Waals surface area contributed by atoms with Crippen molar-refractivity contribution in [3.05, 3.63) is 24.2 Å². The summed E-state index contributed by atoms with van der Waals surface area (Å²) in [6.07, 6.45) is 7.02. The first-order chi connectivity index (χ1) is 8.81. The van der Waals surface area contributed by atoms with Crippen LogP contribution in [0, 0.1) is 17.2 Å². The van der Waals surface area contributed by atoms with Crippen molar-refractivity contribution in [3.8, 4) is 6.07 Å². The minimum Gasteiger partial charge on any atom is -0.468 e. The number of unbranched alkanes of at least 4 members (excludes halogenated alkanes) is 2. The molecule has 98 valence electrons. The van der Waals surface area contributed by atoms with Crippen molar-refractivity contribution in [1.29, 1.82) is 5.26 Å². The summed E-state index contributed by atoms with van der Waals surface area (Å²) in [5, 5.41) is 8.56. The number of hydrogen-bond acceptors (Lipinski definition) is 3. The van der Waals surface area contributed by atoms with Crippen molar-refractivity contribution < 1.29 is 4.42 Å². The van der Waals surface area contributed by atoms with E-state index in [9.17, 15) is 0 Å². The largest absolute Gasteiger partial charge is 0.468 e. The fraction of sp³-hybridized carbons (Fsp3) is 0.667. The summed E-state index contributed by atoms with van der Waals surface area (Å²) in [4.78, 5) is 2.52. The van der Waals surface area contributed by atoms with Crippen LogP contribution in [0.25, 0.3) is 0 Å². The Bertz CT molecular complexity index is 380. The molecule has 2 unspecified atom stereocenters. The van der Waals surface area contributed by atoms with Gasteiger partial charge < -0.3 is 4.42 Å². The molecule has 0 radical (unpaired) electrons. The van der Waals surface area contributed by atoms with Crippen LogP contribution in [0.15, 0.2) is 22.8 Å². The Labute approximate surface area is 109 Å². The first-order valence-corrected chi connectivity index (χ1v) is 6.95. The predicted molar refractivity (Wildman–Crippen MR) is 70.9 cm³/mol. The first-order valence-electron chi connectivity index (χ1n) is 6.95. The highest BCUT2D eigenvalue weighted by atomic mass is 16.3. The van der Waals surface area contributed by atoms with Crippen LogP contribution in [0.5, 0.6) is 0 Å². The van der Waals surface area contributed by atoms with Crippen molar-refractivity contribution in [2.24, 2.45) is 5.92 Å². The monoisotopic (exact) mass is 246 g/mol. The van der Waals surface area contributed by atoms with Crippen LogP contribution < -0.4 is 0 Å². The second kappa shape index (κ2) is 6.61. The summed E-state index contributed by atoms with van der Waals surface area (Å²) in [7, 11) is 0. The maximum atomic E-state index is 8.56. The molecule has 1 aromatic heterocycles. The minimum absolute atomic E-state index is 0.436. The van der Waals surface area contributed by atoms with Gasteiger partial charge in [0.15, 0.2) is 0 Å². The van der Waals surface area contributed by atoms with Crippen LogP contribution in [0.4, 0.5) is 0 Å². The molecule has 3 heteroatoms. The zero-order valence-corrected chi connectivity index (χ0v) is 11.1. The highest BCUT2D eigenvalue weighted by Gasteiger charge is 2.28. The second-order valence-corrected chi connectivity index (χ2v) is 5.31. The Morgan fingerprint density at radius 1 is 1.50 bits per heavy atom. The van der Waals surface area contributed by atoms with E-state index in [1.165, 1.54) is 12.8 Å². The number of hydrogen-bond donors (Lipinski definition) is 0. The van der Waals surface area contributed by atoms with E-state index in [4.69, 9.17) is 9.68 Å². The summed E-state index contributed by atoms with van der Waals surface area (Å²) < 4.78 is 5.59. The fourth-order valence-electron chi connectivity index (χ4n) is 2.75. The van der Waals surface area contributed by atoms with Gasteiger partial charge in [-0.1, -0.05) is 6.92 Å². The van der Waals surface area contributed by atoms with Crippen LogP contribution in [0.1, 0.15) is 50.8 Å². The molecular weight excluding hydrogens is 224 g/mol. The van der Waals surface area contributed by atoms with Crippen molar-refractivity contribution >= 4 is 0 Å². The van der Waals surface area contributed by atoms with Gasteiger partial charge in [-0.25, -0.2) is 0 Å². The summed E-state index contributed by atoms with van der Waals surface area (Å²) in [6, 6.07) is 6.71. The summed E-state index contributed by atoms with van der Waals surface area (Å²) in [5.41, 5.74) is 0. The molecule has 0 aromatic carbocycles. The molecule has 0 N–H and O–H groups in total. The lowest BCUT2D eigenvalue weighted by Crippen LogP contribution is -2.36. The zero-order valence-electron chi connectivity index (χ0n) is 11.1. The lowest BCUT2D eigenvalue weighted by Gasteiger charge is -2.37. The normalized spacial score (nSPS) is 24.9. The number of nitriles is 1. The number of rotatable bonds is 5. The molecular formula is C15H22N2O. The van der Waals surface area contributed by atoms with E-state index in [0.29, 0.717) is 12.5 Å². The second-order valence-electron chi connectivity index (χ2n) is 5.31. The molecule has 1 aliphatic rings. The average molecular weight is 246 g/mol. The lowest BCUT2D eigenvalue weighted by molar-refractivity contribution is 0.1000. The van der Waals surface area contributed by atoms with E-state index in [1.54, 1.807) is 6.26 Å². The van der Waals surface area contributed by atoms with Crippen molar-refractivity contribution in [2.75, 3.05) is 13.1 Å². The molecule has 1 saturated heterocycles. The van der Waals surface area contributed by atoms with E-state index in [-0.39, 0.29) is 0 Å². The van der Waals surface area contributed by atoms with Gasteiger partial charge in [-0.2, -0.15) is 5.26 Å². The maximum absolute atomic E-state index is 8.56. The van der Waals surface area contributed by atoms with Crippen molar-refractivity contribution in [3.63, 3.8) is 0 Å². The Balaban J connectivity index is 1.92. The van der Waals surface area contributed by atoms with Gasteiger partial charge in [0.2, 0.25) is 0 Å². The Hall–Kier alpha value is -1.27. The highest BCUT2D eigenvalue weighted by Crippen LogP contribution is 2.34. The predicted octanol–water partition coefficient (Wildman–Crippen LogP) is 3.75. The molecule has 0 amide bonds. The zero-order chi connectivity index (χ0) is 12.8. The molecule has 0 saturated carbocycles. The Morgan fingerprint density at radius 3 is 3.11 bits per heavy atom. The third-order valence-corrected chi connectivity index (χ3v) is 3.83. The number of piperidine rings is 1. The standard InChI is InChI=1S/C15H22N2O/c1-13-7-10-17(9-4-2-3-8-16)14(12-13)15-6-5-11-18-15/h5-6,11,13-14H,2-4,7,9-10,12H2,1H3. The first kappa shape index (κ1) is 13.2. The molecule has 2 rings (SSSR count). The molecule has 3 nitrogen and oxygen atoms in total. The third-order valence-electron chi connectivity index (χ3n) is 3.83. The third kappa shape index (κ3) is 3.36. The van der Waals surface area contributed by atoms with E-state index in [2.05, 4.69) is 24.0 Å². The average Bonchev–Trinajstić information content (AvgIpc) is 2.90. The van der Waals surface area contributed by atoms with Crippen molar-refractivity contribution in [1.82, 2.24) is 4.90 Å². The van der Waals surface area contributed by atoms with Gasteiger partial charge in [-0.15, -0.1) is 0 Å². The minimum atomic E-state index is 0.436. The van der Waals surface area contributed by atoms with Crippen LogP contribution in [0.2, 0.25) is 0 Å². The number of likely N-dealkylation sites (tertiary alicyclic amines) is 1.